The van der Waals surface area contributed by atoms with Gasteiger partial charge in [-0.2, -0.15) is 0 Å². The lowest BCUT2D eigenvalue weighted by Crippen LogP contribution is -2.50. The minimum Gasteiger partial charge on any atom is -0.354 e. The van der Waals surface area contributed by atoms with Gasteiger partial charge in [0, 0.05) is 18.8 Å². The van der Waals surface area contributed by atoms with Crippen LogP contribution < -0.4 is 10.6 Å². The highest BCUT2D eigenvalue weighted by atomic mass is 32.2. The third-order valence-corrected chi connectivity index (χ3v) is 5.83. The van der Waals surface area contributed by atoms with E-state index in [1.807, 2.05) is 0 Å². The smallest absolute Gasteiger partial charge is 0.240 e. The van der Waals surface area contributed by atoms with Crippen molar-refractivity contribution in [2.75, 3.05) is 19.3 Å². The Bertz CT molecular complexity index is 396. The highest BCUT2D eigenvalue weighted by Crippen LogP contribution is 2.17. The van der Waals surface area contributed by atoms with E-state index in [1.165, 1.54) is 13.8 Å². The van der Waals surface area contributed by atoms with Gasteiger partial charge in [0.1, 0.15) is 4.75 Å². The molecule has 18 heavy (non-hydrogen) atoms. The Kier molecular flexibility index (Phi) is 4.78. The number of sulfone groups is 1. The third kappa shape index (κ3) is 3.68. The van der Waals surface area contributed by atoms with Gasteiger partial charge in [0.05, 0.1) is 0 Å². The average molecular weight is 276 g/mol. The molecule has 0 saturated carbocycles. The van der Waals surface area contributed by atoms with E-state index < -0.39 is 20.5 Å². The maximum Gasteiger partial charge on any atom is 0.240 e. The number of amides is 1. The zero-order valence-corrected chi connectivity index (χ0v) is 12.4. The van der Waals surface area contributed by atoms with Crippen molar-refractivity contribution in [1.29, 1.82) is 0 Å². The Labute approximate surface area is 110 Å². The second-order valence-corrected chi connectivity index (χ2v) is 8.31. The van der Waals surface area contributed by atoms with Crippen LogP contribution in [0.1, 0.15) is 33.6 Å². The fraction of sp³-hybridized carbons (Fsp3) is 0.917. The molecule has 0 aromatic carbocycles. The number of rotatable bonds is 4. The van der Waals surface area contributed by atoms with Crippen LogP contribution >= 0.6 is 0 Å². The van der Waals surface area contributed by atoms with E-state index >= 15 is 0 Å². The molecule has 2 atom stereocenters. The molecule has 6 heteroatoms. The quantitative estimate of drug-likeness (QED) is 0.775. The summed E-state index contributed by atoms with van der Waals surface area (Å²) < 4.78 is 21.7. The monoisotopic (exact) mass is 276 g/mol. The first-order valence-corrected chi connectivity index (χ1v) is 8.25. The fourth-order valence-electron chi connectivity index (χ4n) is 1.85. The van der Waals surface area contributed by atoms with Crippen LogP contribution in [0.4, 0.5) is 0 Å². The molecule has 0 bridgehead atoms. The predicted octanol–water partition coefficient (Wildman–Crippen LogP) is 0.314. The lowest BCUT2D eigenvalue weighted by molar-refractivity contribution is -0.123. The number of piperidine rings is 1. The molecule has 0 aromatic rings. The number of nitrogens with one attached hydrogen (secondary N) is 2. The second kappa shape index (κ2) is 5.57. The van der Waals surface area contributed by atoms with E-state index in [2.05, 4.69) is 17.6 Å². The van der Waals surface area contributed by atoms with Crippen LogP contribution in [0.25, 0.3) is 0 Å². The van der Waals surface area contributed by atoms with Crippen molar-refractivity contribution in [3.63, 3.8) is 0 Å². The van der Waals surface area contributed by atoms with Gasteiger partial charge in [0.2, 0.25) is 5.91 Å². The first-order chi connectivity index (χ1) is 8.14. The summed E-state index contributed by atoms with van der Waals surface area (Å²) in [6.45, 7) is 6.44. The van der Waals surface area contributed by atoms with Gasteiger partial charge < -0.3 is 10.6 Å². The van der Waals surface area contributed by atoms with Crippen LogP contribution in [-0.4, -0.2) is 44.5 Å². The molecular formula is C12H24N2O3S. The molecule has 0 aromatic heterocycles. The normalized spacial score (nSPS) is 25.8. The van der Waals surface area contributed by atoms with Gasteiger partial charge in [-0.3, -0.25) is 4.79 Å². The molecule has 1 aliphatic rings. The molecule has 1 saturated heterocycles. The van der Waals surface area contributed by atoms with Crippen LogP contribution in [0, 0.1) is 5.92 Å². The first kappa shape index (κ1) is 15.4. The first-order valence-electron chi connectivity index (χ1n) is 6.36. The molecule has 0 radical (unpaired) electrons. The molecule has 0 spiro atoms. The summed E-state index contributed by atoms with van der Waals surface area (Å²) in [6.07, 6.45) is 3.25. The van der Waals surface area contributed by atoms with Crippen LogP contribution in [0.2, 0.25) is 0 Å². The molecule has 0 aliphatic carbocycles. The van der Waals surface area contributed by atoms with Crippen molar-refractivity contribution in [2.45, 2.75) is 44.4 Å². The molecule has 2 N–H and O–H groups in total. The van der Waals surface area contributed by atoms with Crippen molar-refractivity contribution in [1.82, 2.24) is 10.6 Å². The van der Waals surface area contributed by atoms with Crippen LogP contribution in [0.15, 0.2) is 0 Å². The summed E-state index contributed by atoms with van der Waals surface area (Å²) in [7, 11) is -3.39. The predicted molar refractivity (Wildman–Crippen MR) is 72.1 cm³/mol. The van der Waals surface area contributed by atoms with Gasteiger partial charge >= 0.3 is 0 Å². The third-order valence-electron chi connectivity index (χ3n) is 3.79. The van der Waals surface area contributed by atoms with E-state index in [-0.39, 0.29) is 0 Å². The molecule has 106 valence electrons. The van der Waals surface area contributed by atoms with Crippen molar-refractivity contribution >= 4 is 15.7 Å². The molecule has 5 nitrogen and oxygen atoms in total. The highest BCUT2D eigenvalue weighted by molar-refractivity contribution is 7.92. The maximum atomic E-state index is 11.9. The molecule has 1 aliphatic heterocycles. The van der Waals surface area contributed by atoms with Crippen molar-refractivity contribution in [3.05, 3.63) is 0 Å². The van der Waals surface area contributed by atoms with Gasteiger partial charge in [-0.1, -0.05) is 0 Å². The minimum atomic E-state index is -3.39. The van der Waals surface area contributed by atoms with Crippen LogP contribution in [0.3, 0.4) is 0 Å². The van der Waals surface area contributed by atoms with Crippen molar-refractivity contribution in [3.8, 4) is 0 Å². The molecular weight excluding hydrogens is 252 g/mol. The van der Waals surface area contributed by atoms with E-state index in [9.17, 15) is 13.2 Å². The SMILES string of the molecule is CC1CCC(CNC(=O)C(C)(C)S(C)(=O)=O)CN1. The zero-order valence-electron chi connectivity index (χ0n) is 11.6. The Hall–Kier alpha value is -0.620. The van der Waals surface area contributed by atoms with E-state index in [1.54, 1.807) is 0 Å². The van der Waals surface area contributed by atoms with Crippen molar-refractivity contribution in [2.24, 2.45) is 5.92 Å². The summed E-state index contributed by atoms with van der Waals surface area (Å²) in [5.74, 6) is -0.0240. The van der Waals surface area contributed by atoms with Crippen molar-refractivity contribution < 1.29 is 13.2 Å². The van der Waals surface area contributed by atoms with Crippen LogP contribution in [0.5, 0.6) is 0 Å². The summed E-state index contributed by atoms with van der Waals surface area (Å²) in [5.41, 5.74) is 0. The van der Waals surface area contributed by atoms with Gasteiger partial charge in [-0.25, -0.2) is 8.42 Å². The number of carbonyl (C=O) groups excluding carboxylic acids is 1. The molecule has 1 rings (SSSR count). The standard InChI is InChI=1S/C12H24N2O3S/c1-9-5-6-10(7-13-9)8-14-11(15)12(2,3)18(4,16)17/h9-10,13H,5-8H2,1-4H3,(H,14,15). The van der Waals surface area contributed by atoms with E-state index in [4.69, 9.17) is 0 Å². The Morgan fingerprint density at radius 3 is 2.44 bits per heavy atom. The highest BCUT2D eigenvalue weighted by Gasteiger charge is 2.38. The Morgan fingerprint density at radius 1 is 1.39 bits per heavy atom. The lowest BCUT2D eigenvalue weighted by Gasteiger charge is -2.29. The number of hydrogen-bond acceptors (Lipinski definition) is 4. The molecule has 1 amide bonds. The lowest BCUT2D eigenvalue weighted by atomic mass is 9.95. The van der Waals surface area contributed by atoms with Gasteiger partial charge in [0.25, 0.3) is 0 Å². The number of carbonyl (C=O) groups is 1. The molecule has 1 fully saturated rings. The average Bonchev–Trinajstić information content (AvgIpc) is 2.26. The van der Waals surface area contributed by atoms with Gasteiger partial charge in [-0.15, -0.1) is 0 Å². The topological polar surface area (TPSA) is 75.3 Å². The summed E-state index contributed by atoms with van der Waals surface area (Å²) in [6, 6.07) is 0.532. The van der Waals surface area contributed by atoms with Gasteiger partial charge in [-0.05, 0) is 46.1 Å². The van der Waals surface area contributed by atoms with Crippen LogP contribution in [-0.2, 0) is 14.6 Å². The summed E-state index contributed by atoms with van der Waals surface area (Å²) in [4.78, 5) is 11.9. The van der Waals surface area contributed by atoms with E-state index in [0.717, 1.165) is 25.6 Å². The molecule has 2 unspecified atom stereocenters. The Balaban J connectivity index is 2.47. The molecule has 1 heterocycles. The number of hydrogen-bond donors (Lipinski definition) is 2. The Morgan fingerprint density at radius 2 is 2.00 bits per heavy atom. The fourth-order valence-corrected chi connectivity index (χ4v) is 2.26. The zero-order chi connectivity index (χ0) is 14.0. The summed E-state index contributed by atoms with van der Waals surface area (Å²) >= 11 is 0. The van der Waals surface area contributed by atoms with Gasteiger partial charge in [0.15, 0.2) is 9.84 Å². The summed E-state index contributed by atoms with van der Waals surface area (Å²) in [5, 5.41) is 6.11. The second-order valence-electron chi connectivity index (χ2n) is 5.75. The minimum absolute atomic E-state index is 0.389. The largest absolute Gasteiger partial charge is 0.354 e. The maximum absolute atomic E-state index is 11.9. The van der Waals surface area contributed by atoms with E-state index in [0.29, 0.717) is 18.5 Å².